The molecule has 1 aliphatic heterocycles. The van der Waals surface area contributed by atoms with Gasteiger partial charge in [0.05, 0.1) is 18.5 Å². The lowest BCUT2D eigenvalue weighted by Crippen LogP contribution is -2.40. The van der Waals surface area contributed by atoms with Gasteiger partial charge in [-0.05, 0) is 26.0 Å². The summed E-state index contributed by atoms with van der Waals surface area (Å²) in [5, 5.41) is 10.4. The molecule has 1 aromatic heterocycles. The third-order valence-corrected chi connectivity index (χ3v) is 2.69. The van der Waals surface area contributed by atoms with Gasteiger partial charge in [0.15, 0.2) is 0 Å². The number of hydrogen-bond acceptors (Lipinski definition) is 3. The van der Waals surface area contributed by atoms with Crippen molar-refractivity contribution in [3.05, 3.63) is 24.2 Å². The molecular formula is C11H16O3. The van der Waals surface area contributed by atoms with Gasteiger partial charge in [-0.3, -0.25) is 0 Å². The van der Waals surface area contributed by atoms with Crippen LogP contribution in [0, 0.1) is 0 Å². The first kappa shape index (κ1) is 9.74. The third kappa shape index (κ3) is 1.70. The molecule has 0 radical (unpaired) electrons. The zero-order valence-electron chi connectivity index (χ0n) is 8.56. The summed E-state index contributed by atoms with van der Waals surface area (Å²) in [4.78, 5) is 0. The fourth-order valence-corrected chi connectivity index (χ4v) is 2.27. The van der Waals surface area contributed by atoms with E-state index in [1.165, 1.54) is 0 Å². The van der Waals surface area contributed by atoms with Gasteiger partial charge < -0.3 is 14.3 Å². The van der Waals surface area contributed by atoms with E-state index in [4.69, 9.17) is 9.15 Å². The Labute approximate surface area is 83.7 Å². The van der Waals surface area contributed by atoms with Crippen LogP contribution >= 0.6 is 0 Å². The Morgan fingerprint density at radius 3 is 2.50 bits per heavy atom. The highest BCUT2D eigenvalue weighted by molar-refractivity contribution is 5.11. The Balaban J connectivity index is 2.22. The second-order valence-electron chi connectivity index (χ2n) is 4.17. The van der Waals surface area contributed by atoms with Gasteiger partial charge >= 0.3 is 0 Å². The zero-order chi connectivity index (χ0) is 10.2. The minimum atomic E-state index is -0.847. The van der Waals surface area contributed by atoms with Crippen LogP contribution in [0.3, 0.4) is 0 Å². The summed E-state index contributed by atoms with van der Waals surface area (Å²) < 4.78 is 10.8. The van der Waals surface area contributed by atoms with E-state index in [1.54, 1.807) is 12.3 Å². The molecule has 0 spiro atoms. The maximum atomic E-state index is 10.4. The smallest absolute Gasteiger partial charge is 0.135 e. The Hall–Kier alpha value is -0.800. The number of aliphatic hydroxyl groups is 1. The van der Waals surface area contributed by atoms with Gasteiger partial charge in [0.1, 0.15) is 11.4 Å². The van der Waals surface area contributed by atoms with Crippen molar-refractivity contribution in [2.75, 3.05) is 0 Å². The SMILES string of the molecule is CC1CC(O)(c2ccco2)CC(C)O1. The molecule has 1 N–H and O–H groups in total. The van der Waals surface area contributed by atoms with E-state index in [9.17, 15) is 5.11 Å². The molecule has 14 heavy (non-hydrogen) atoms. The number of ether oxygens (including phenoxy) is 1. The average Bonchev–Trinajstić information content (AvgIpc) is 2.52. The van der Waals surface area contributed by atoms with Crippen LogP contribution in [0.1, 0.15) is 32.4 Å². The molecule has 0 bridgehead atoms. The first-order valence-corrected chi connectivity index (χ1v) is 5.02. The summed E-state index contributed by atoms with van der Waals surface area (Å²) >= 11 is 0. The quantitative estimate of drug-likeness (QED) is 0.747. The van der Waals surface area contributed by atoms with E-state index in [0.29, 0.717) is 18.6 Å². The fraction of sp³-hybridized carbons (Fsp3) is 0.636. The predicted molar refractivity (Wildman–Crippen MR) is 51.8 cm³/mol. The van der Waals surface area contributed by atoms with E-state index >= 15 is 0 Å². The highest BCUT2D eigenvalue weighted by atomic mass is 16.5. The summed E-state index contributed by atoms with van der Waals surface area (Å²) in [6, 6.07) is 3.63. The van der Waals surface area contributed by atoms with Crippen LogP contribution in [-0.4, -0.2) is 17.3 Å². The molecule has 1 aliphatic rings. The average molecular weight is 196 g/mol. The van der Waals surface area contributed by atoms with Gasteiger partial charge in [0, 0.05) is 12.8 Å². The van der Waals surface area contributed by atoms with Crippen molar-refractivity contribution >= 4 is 0 Å². The number of hydrogen-bond donors (Lipinski definition) is 1. The van der Waals surface area contributed by atoms with Crippen LogP contribution in [0.15, 0.2) is 22.8 Å². The summed E-state index contributed by atoms with van der Waals surface area (Å²) in [5.41, 5.74) is -0.847. The van der Waals surface area contributed by atoms with Crippen molar-refractivity contribution < 1.29 is 14.3 Å². The lowest BCUT2D eigenvalue weighted by molar-refractivity contribution is -0.143. The minimum absolute atomic E-state index is 0.0776. The van der Waals surface area contributed by atoms with Crippen LogP contribution < -0.4 is 0 Å². The maximum Gasteiger partial charge on any atom is 0.135 e. The second kappa shape index (κ2) is 3.41. The lowest BCUT2D eigenvalue weighted by Gasteiger charge is -2.37. The number of furan rings is 1. The topological polar surface area (TPSA) is 42.6 Å². The first-order chi connectivity index (χ1) is 6.60. The molecule has 3 nitrogen and oxygen atoms in total. The zero-order valence-corrected chi connectivity index (χ0v) is 8.56. The molecule has 1 aromatic rings. The van der Waals surface area contributed by atoms with E-state index in [2.05, 4.69) is 0 Å². The summed E-state index contributed by atoms with van der Waals surface area (Å²) in [6.07, 6.45) is 2.95. The normalized spacial score (nSPS) is 38.5. The van der Waals surface area contributed by atoms with E-state index < -0.39 is 5.60 Å². The largest absolute Gasteiger partial charge is 0.466 e. The van der Waals surface area contributed by atoms with E-state index in [-0.39, 0.29) is 12.2 Å². The summed E-state index contributed by atoms with van der Waals surface area (Å²) in [5.74, 6) is 0.652. The summed E-state index contributed by atoms with van der Waals surface area (Å²) in [7, 11) is 0. The molecule has 2 rings (SSSR count). The molecule has 0 amide bonds. The van der Waals surface area contributed by atoms with Crippen molar-refractivity contribution in [1.29, 1.82) is 0 Å². The molecule has 78 valence electrons. The Morgan fingerprint density at radius 2 is 2.00 bits per heavy atom. The van der Waals surface area contributed by atoms with Crippen molar-refractivity contribution in [3.63, 3.8) is 0 Å². The van der Waals surface area contributed by atoms with Crippen molar-refractivity contribution in [1.82, 2.24) is 0 Å². The molecule has 0 aromatic carbocycles. The van der Waals surface area contributed by atoms with Crippen molar-refractivity contribution in [2.45, 2.75) is 44.5 Å². The molecular weight excluding hydrogens is 180 g/mol. The van der Waals surface area contributed by atoms with Crippen molar-refractivity contribution in [3.8, 4) is 0 Å². The second-order valence-corrected chi connectivity index (χ2v) is 4.17. The van der Waals surface area contributed by atoms with Crippen LogP contribution in [-0.2, 0) is 10.3 Å². The van der Waals surface area contributed by atoms with Gasteiger partial charge in [0.2, 0.25) is 0 Å². The Bertz CT molecular complexity index is 281. The van der Waals surface area contributed by atoms with E-state index in [0.717, 1.165) is 0 Å². The highest BCUT2D eigenvalue weighted by Crippen LogP contribution is 2.37. The lowest BCUT2D eigenvalue weighted by atomic mass is 9.86. The Kier molecular flexibility index (Phi) is 2.37. The molecule has 2 atom stereocenters. The molecule has 2 unspecified atom stereocenters. The first-order valence-electron chi connectivity index (χ1n) is 5.02. The fourth-order valence-electron chi connectivity index (χ4n) is 2.27. The van der Waals surface area contributed by atoms with E-state index in [1.807, 2.05) is 19.9 Å². The molecule has 1 saturated heterocycles. The van der Waals surface area contributed by atoms with Gasteiger partial charge in [0.25, 0.3) is 0 Å². The molecule has 1 fully saturated rings. The van der Waals surface area contributed by atoms with Crippen LogP contribution in [0.5, 0.6) is 0 Å². The van der Waals surface area contributed by atoms with Crippen LogP contribution in [0.4, 0.5) is 0 Å². The van der Waals surface area contributed by atoms with Crippen LogP contribution in [0.2, 0.25) is 0 Å². The van der Waals surface area contributed by atoms with Crippen LogP contribution in [0.25, 0.3) is 0 Å². The molecule has 3 heteroatoms. The predicted octanol–water partition coefficient (Wildman–Crippen LogP) is 2.05. The third-order valence-electron chi connectivity index (χ3n) is 2.69. The van der Waals surface area contributed by atoms with Gasteiger partial charge in [-0.1, -0.05) is 0 Å². The molecule has 2 heterocycles. The maximum absolute atomic E-state index is 10.4. The Morgan fingerprint density at radius 1 is 1.36 bits per heavy atom. The summed E-state index contributed by atoms with van der Waals surface area (Å²) in [6.45, 7) is 3.95. The molecule has 0 saturated carbocycles. The monoisotopic (exact) mass is 196 g/mol. The number of rotatable bonds is 1. The molecule has 0 aliphatic carbocycles. The van der Waals surface area contributed by atoms with Gasteiger partial charge in [-0.15, -0.1) is 0 Å². The van der Waals surface area contributed by atoms with Crippen molar-refractivity contribution in [2.24, 2.45) is 0 Å². The van der Waals surface area contributed by atoms with Gasteiger partial charge in [-0.2, -0.15) is 0 Å². The van der Waals surface area contributed by atoms with Gasteiger partial charge in [-0.25, -0.2) is 0 Å². The highest BCUT2D eigenvalue weighted by Gasteiger charge is 2.40. The minimum Gasteiger partial charge on any atom is -0.466 e. The standard InChI is InChI=1S/C11H16O3/c1-8-6-11(12,7-9(2)14-8)10-4-3-5-13-10/h3-5,8-9,12H,6-7H2,1-2H3.